The zero-order valence-electron chi connectivity index (χ0n) is 11.3. The van der Waals surface area contributed by atoms with Gasteiger partial charge in [-0.25, -0.2) is 4.39 Å². The number of hydrogen-bond donors (Lipinski definition) is 0. The summed E-state index contributed by atoms with van der Waals surface area (Å²) in [4.78, 5) is 12.3. The van der Waals surface area contributed by atoms with Crippen LogP contribution >= 0.6 is 11.6 Å². The molecule has 3 heteroatoms. The maximum Gasteiger partial charge on any atom is 0.193 e. The highest BCUT2D eigenvalue weighted by Crippen LogP contribution is 2.19. The first-order chi connectivity index (χ1) is 9.61. The number of benzene rings is 2. The van der Waals surface area contributed by atoms with Crippen molar-refractivity contribution >= 4 is 17.4 Å². The van der Waals surface area contributed by atoms with Crippen molar-refractivity contribution < 1.29 is 9.18 Å². The van der Waals surface area contributed by atoms with Crippen LogP contribution in [0.1, 0.15) is 41.3 Å². The molecule has 0 radical (unpaired) electrons. The minimum Gasteiger partial charge on any atom is -0.289 e. The van der Waals surface area contributed by atoms with Crippen LogP contribution in [0.2, 0.25) is 5.02 Å². The van der Waals surface area contributed by atoms with Crippen LogP contribution in [-0.4, -0.2) is 5.78 Å². The maximum atomic E-state index is 13.1. The lowest BCUT2D eigenvalue weighted by Crippen LogP contribution is -2.02. The molecule has 104 valence electrons. The molecule has 0 fully saturated rings. The molecule has 0 unspecified atom stereocenters. The Morgan fingerprint density at radius 3 is 2.35 bits per heavy atom. The summed E-state index contributed by atoms with van der Waals surface area (Å²) in [5.74, 6) is -0.660. The first-order valence-electron chi connectivity index (χ1n) is 6.70. The fourth-order valence-corrected chi connectivity index (χ4v) is 2.19. The zero-order valence-corrected chi connectivity index (χ0v) is 12.1. The predicted molar refractivity (Wildman–Crippen MR) is 79.9 cm³/mol. The molecule has 0 saturated carbocycles. The number of halogens is 2. The lowest BCUT2D eigenvalue weighted by molar-refractivity contribution is 0.103. The van der Waals surface area contributed by atoms with Crippen molar-refractivity contribution in [3.63, 3.8) is 0 Å². The number of hydrogen-bond acceptors (Lipinski definition) is 1. The molecular formula is C17H16ClFO. The average Bonchev–Trinajstić information content (AvgIpc) is 2.48. The van der Waals surface area contributed by atoms with E-state index in [1.54, 1.807) is 0 Å². The maximum absolute atomic E-state index is 13.1. The van der Waals surface area contributed by atoms with Gasteiger partial charge in [-0.3, -0.25) is 4.79 Å². The second-order valence-electron chi connectivity index (χ2n) is 4.76. The molecule has 0 aliphatic rings. The number of aryl methyl sites for hydroxylation is 1. The monoisotopic (exact) mass is 290 g/mol. The van der Waals surface area contributed by atoms with Crippen molar-refractivity contribution in [1.29, 1.82) is 0 Å². The van der Waals surface area contributed by atoms with Gasteiger partial charge in [-0.05, 0) is 36.6 Å². The highest BCUT2D eigenvalue weighted by molar-refractivity contribution is 6.31. The van der Waals surface area contributed by atoms with Crippen LogP contribution in [0.3, 0.4) is 0 Å². The summed E-state index contributed by atoms with van der Waals surface area (Å²) < 4.78 is 13.1. The Morgan fingerprint density at radius 1 is 1.10 bits per heavy atom. The van der Waals surface area contributed by atoms with E-state index in [1.807, 2.05) is 24.3 Å². The Balaban J connectivity index is 2.18. The summed E-state index contributed by atoms with van der Waals surface area (Å²) in [5, 5.41) is -0.0320. The largest absolute Gasteiger partial charge is 0.289 e. The third-order valence-corrected chi connectivity index (χ3v) is 3.51. The van der Waals surface area contributed by atoms with Crippen LogP contribution in [0.5, 0.6) is 0 Å². The molecule has 0 N–H and O–H groups in total. The first kappa shape index (κ1) is 14.7. The van der Waals surface area contributed by atoms with Gasteiger partial charge in [0.2, 0.25) is 0 Å². The second-order valence-corrected chi connectivity index (χ2v) is 5.17. The third-order valence-electron chi connectivity index (χ3n) is 3.22. The lowest BCUT2D eigenvalue weighted by atomic mass is 10.0. The van der Waals surface area contributed by atoms with Crippen molar-refractivity contribution in [2.75, 3.05) is 0 Å². The minimum atomic E-state index is -0.516. The molecule has 0 aromatic heterocycles. The Morgan fingerprint density at radius 2 is 1.75 bits per heavy atom. The molecule has 1 nitrogen and oxygen atoms in total. The molecule has 0 atom stereocenters. The summed E-state index contributed by atoms with van der Waals surface area (Å²) in [6.45, 7) is 2.15. The number of unbranched alkanes of at least 4 members (excludes halogenated alkanes) is 1. The van der Waals surface area contributed by atoms with E-state index in [0.29, 0.717) is 11.1 Å². The van der Waals surface area contributed by atoms with E-state index in [0.717, 1.165) is 19.3 Å². The van der Waals surface area contributed by atoms with E-state index in [4.69, 9.17) is 11.6 Å². The van der Waals surface area contributed by atoms with E-state index >= 15 is 0 Å². The van der Waals surface area contributed by atoms with Gasteiger partial charge in [0.15, 0.2) is 5.78 Å². The fraction of sp³-hybridized carbons (Fsp3) is 0.235. The molecule has 2 aromatic rings. The zero-order chi connectivity index (χ0) is 14.5. The van der Waals surface area contributed by atoms with Gasteiger partial charge in [-0.15, -0.1) is 0 Å². The molecule has 0 aliphatic carbocycles. The minimum absolute atomic E-state index is 0.0320. The third kappa shape index (κ3) is 3.45. The van der Waals surface area contributed by atoms with Crippen molar-refractivity contribution in [3.8, 4) is 0 Å². The number of rotatable bonds is 5. The number of ketones is 1. The standard InChI is InChI=1S/C17H16ClFO/c1-2-3-4-12-5-7-13(8-6-12)17(20)14-9-10-16(19)15(18)11-14/h5-11H,2-4H2,1H3. The normalized spacial score (nSPS) is 10.6. The summed E-state index contributed by atoms with van der Waals surface area (Å²) >= 11 is 5.70. The Bertz CT molecular complexity index is 605. The summed E-state index contributed by atoms with van der Waals surface area (Å²) in [6, 6.07) is 11.6. The van der Waals surface area contributed by atoms with Gasteiger partial charge in [0.25, 0.3) is 0 Å². The van der Waals surface area contributed by atoms with Gasteiger partial charge >= 0.3 is 0 Å². The summed E-state index contributed by atoms with van der Waals surface area (Å²) in [7, 11) is 0. The predicted octanol–water partition coefficient (Wildman–Crippen LogP) is 5.05. The summed E-state index contributed by atoms with van der Waals surface area (Å²) in [6.07, 6.45) is 3.31. The van der Waals surface area contributed by atoms with Gasteiger partial charge in [0.1, 0.15) is 5.82 Å². The van der Waals surface area contributed by atoms with Gasteiger partial charge in [0, 0.05) is 11.1 Å². The quantitative estimate of drug-likeness (QED) is 0.704. The highest BCUT2D eigenvalue weighted by Gasteiger charge is 2.11. The molecule has 0 amide bonds. The van der Waals surface area contributed by atoms with Crippen molar-refractivity contribution in [3.05, 3.63) is 70.0 Å². The number of carbonyl (C=O) groups excluding carboxylic acids is 1. The Kier molecular flexibility index (Phi) is 4.91. The van der Waals surface area contributed by atoms with E-state index < -0.39 is 5.82 Å². The van der Waals surface area contributed by atoms with E-state index in [9.17, 15) is 9.18 Å². The van der Waals surface area contributed by atoms with Gasteiger partial charge in [-0.1, -0.05) is 49.2 Å². The second kappa shape index (κ2) is 6.67. The lowest BCUT2D eigenvalue weighted by Gasteiger charge is -2.04. The number of carbonyl (C=O) groups is 1. The van der Waals surface area contributed by atoms with Gasteiger partial charge in [-0.2, -0.15) is 0 Å². The van der Waals surface area contributed by atoms with Gasteiger partial charge in [0.05, 0.1) is 5.02 Å². The van der Waals surface area contributed by atoms with Gasteiger partial charge < -0.3 is 0 Å². The van der Waals surface area contributed by atoms with Crippen LogP contribution in [0.4, 0.5) is 4.39 Å². The van der Waals surface area contributed by atoms with Crippen LogP contribution in [0, 0.1) is 5.82 Å². The first-order valence-corrected chi connectivity index (χ1v) is 7.08. The van der Waals surface area contributed by atoms with Crippen LogP contribution in [0.15, 0.2) is 42.5 Å². The Labute approximate surface area is 123 Å². The highest BCUT2D eigenvalue weighted by atomic mass is 35.5. The molecule has 2 rings (SSSR count). The molecule has 20 heavy (non-hydrogen) atoms. The average molecular weight is 291 g/mol. The van der Waals surface area contributed by atoms with Crippen molar-refractivity contribution in [1.82, 2.24) is 0 Å². The summed E-state index contributed by atoms with van der Waals surface area (Å²) in [5.41, 5.74) is 2.21. The molecule has 0 spiro atoms. The molecule has 2 aromatic carbocycles. The van der Waals surface area contributed by atoms with E-state index in [1.165, 1.54) is 23.8 Å². The SMILES string of the molecule is CCCCc1ccc(C(=O)c2ccc(F)c(Cl)c2)cc1. The van der Waals surface area contributed by atoms with E-state index in [-0.39, 0.29) is 10.8 Å². The Hall–Kier alpha value is -1.67. The molecule has 0 aliphatic heterocycles. The van der Waals surface area contributed by atoms with Crippen LogP contribution in [-0.2, 0) is 6.42 Å². The fourth-order valence-electron chi connectivity index (χ4n) is 2.01. The van der Waals surface area contributed by atoms with Crippen LogP contribution < -0.4 is 0 Å². The van der Waals surface area contributed by atoms with Crippen LogP contribution in [0.25, 0.3) is 0 Å². The van der Waals surface area contributed by atoms with Crippen molar-refractivity contribution in [2.24, 2.45) is 0 Å². The molecule has 0 heterocycles. The molecule has 0 bridgehead atoms. The van der Waals surface area contributed by atoms with Crippen molar-refractivity contribution in [2.45, 2.75) is 26.2 Å². The smallest absolute Gasteiger partial charge is 0.193 e. The van der Waals surface area contributed by atoms with E-state index in [2.05, 4.69) is 6.92 Å². The molecule has 0 saturated heterocycles. The topological polar surface area (TPSA) is 17.1 Å². The molecular weight excluding hydrogens is 275 g/mol.